The molecule has 0 saturated carbocycles. The van der Waals surface area contributed by atoms with E-state index in [1.807, 2.05) is 0 Å². The first-order chi connectivity index (χ1) is 33.3. The lowest BCUT2D eigenvalue weighted by atomic mass is 9.68. The number of nitrogen functional groups attached to an aromatic ring is 2. The van der Waals surface area contributed by atoms with Crippen LogP contribution in [-0.2, 0) is 32.0 Å². The fourth-order valence-corrected chi connectivity index (χ4v) is 12.5. The normalized spacial score (nSPS) is 12.6. The summed E-state index contributed by atoms with van der Waals surface area (Å²) in [4.78, 5) is 28.2. The molecular weight excluding hydrogens is 954 g/mol. The fourth-order valence-electron chi connectivity index (χ4n) is 7.55. The van der Waals surface area contributed by atoms with Gasteiger partial charge in [0.15, 0.2) is 0 Å². The van der Waals surface area contributed by atoms with Crippen LogP contribution in [0.15, 0.2) is 115 Å². The lowest BCUT2D eigenvalue weighted by Gasteiger charge is -2.39. The van der Waals surface area contributed by atoms with Crippen molar-refractivity contribution in [2.45, 2.75) is 131 Å². The molecular formula is C52H67F3N4O10Si2. The van der Waals surface area contributed by atoms with E-state index in [1.165, 1.54) is 109 Å². The molecule has 5 aromatic rings. The molecule has 5 rings (SSSR count). The van der Waals surface area contributed by atoms with Crippen molar-refractivity contribution in [2.24, 2.45) is 0 Å². The van der Waals surface area contributed by atoms with Crippen LogP contribution >= 0.6 is 0 Å². The maximum absolute atomic E-state index is 17.1. The number of rotatable bonds is 23. The Morgan fingerprint density at radius 3 is 1.04 bits per heavy atom. The standard InChI is InChI=1S/C52H67F3N4O10Si2/c1-32(2)62-70(63-33(3)4,64-34(5)6)68-47-28-22-41(30-45(47)58-49(60)38-18-24-43(56)25-19-38)51(52(53,54)55,40-16-14-13-15-17-40)42-23-29-48(46(31-42)59-50(61)39-20-26-44(57)27-21-39)69-71(65-35(7)8,66-36(9)10)67-37(11)12/h13-37H,56-57H2,1-12H3,(H,58,60)(H,59,61). The maximum atomic E-state index is 17.1. The predicted octanol–water partition coefficient (Wildman–Crippen LogP) is 11.4. The van der Waals surface area contributed by atoms with Gasteiger partial charge in [-0.05, 0) is 173 Å². The molecule has 6 N–H and O–H groups in total. The summed E-state index contributed by atoms with van der Waals surface area (Å²) in [6.07, 6.45) is -8.04. The Bertz CT molecular complexity index is 2350. The number of amides is 2. The summed E-state index contributed by atoms with van der Waals surface area (Å²) in [5.74, 6) is -1.57. The highest BCUT2D eigenvalue weighted by Crippen LogP contribution is 2.53. The van der Waals surface area contributed by atoms with Gasteiger partial charge in [0.25, 0.3) is 11.8 Å². The number of anilines is 4. The average molecular weight is 1020 g/mol. The molecule has 0 fully saturated rings. The smallest absolute Gasteiger partial charge is 0.478 e. The van der Waals surface area contributed by atoms with E-state index >= 15 is 13.2 Å². The van der Waals surface area contributed by atoms with Crippen molar-refractivity contribution in [1.82, 2.24) is 0 Å². The van der Waals surface area contributed by atoms with Gasteiger partial charge in [-0.15, -0.1) is 0 Å². The molecule has 0 aliphatic rings. The van der Waals surface area contributed by atoms with E-state index in [1.54, 1.807) is 89.2 Å². The second-order valence-electron chi connectivity index (χ2n) is 18.4. The zero-order chi connectivity index (χ0) is 52.5. The molecule has 0 aliphatic heterocycles. The van der Waals surface area contributed by atoms with E-state index < -0.39 is 78.1 Å². The number of carbonyl (C=O) groups is 2. The molecule has 71 heavy (non-hydrogen) atoms. The molecule has 0 saturated heterocycles. The van der Waals surface area contributed by atoms with E-state index in [0.29, 0.717) is 11.4 Å². The number of carbonyl (C=O) groups excluding carboxylic acids is 2. The van der Waals surface area contributed by atoms with Gasteiger partial charge < -0.3 is 57.5 Å². The number of alkyl halides is 3. The highest BCUT2D eigenvalue weighted by Gasteiger charge is 2.59. The van der Waals surface area contributed by atoms with Gasteiger partial charge in [-0.2, -0.15) is 13.2 Å². The molecule has 0 spiro atoms. The third-order valence-corrected chi connectivity index (χ3v) is 15.5. The van der Waals surface area contributed by atoms with Crippen molar-refractivity contribution in [1.29, 1.82) is 0 Å². The van der Waals surface area contributed by atoms with Gasteiger partial charge in [0.2, 0.25) is 0 Å². The maximum Gasteiger partial charge on any atom is 0.750 e. The molecule has 5 aromatic carbocycles. The molecule has 2 amide bonds. The Hall–Kier alpha value is -5.78. The minimum Gasteiger partial charge on any atom is -0.478 e. The van der Waals surface area contributed by atoms with Gasteiger partial charge in [0, 0.05) is 59.1 Å². The number of benzene rings is 5. The number of hydrogen-bond donors (Lipinski definition) is 4. The zero-order valence-electron chi connectivity index (χ0n) is 42.3. The Balaban J connectivity index is 1.86. The summed E-state index contributed by atoms with van der Waals surface area (Å²) in [5, 5.41) is 5.59. The minimum atomic E-state index is -5.14. The SMILES string of the molecule is CC(C)O[Si](Oc1ccc(C(c2ccccc2)(c2ccc(O[Si](OC(C)C)(OC(C)C)OC(C)C)c(NC(=O)c3ccc(N)cc3)c2)C(F)(F)F)cc1NC(=O)c1ccc(N)cc1)(OC(C)C)OC(C)C. The van der Waals surface area contributed by atoms with Crippen LogP contribution in [0.2, 0.25) is 0 Å². The van der Waals surface area contributed by atoms with E-state index in [-0.39, 0.29) is 50.7 Å². The van der Waals surface area contributed by atoms with E-state index in [9.17, 15) is 9.59 Å². The van der Waals surface area contributed by atoms with Gasteiger partial charge >= 0.3 is 24.3 Å². The third kappa shape index (κ3) is 14.4. The Morgan fingerprint density at radius 2 is 0.761 bits per heavy atom. The number of hydrogen-bond acceptors (Lipinski definition) is 12. The Labute approximate surface area is 417 Å². The van der Waals surface area contributed by atoms with Crippen molar-refractivity contribution < 1.29 is 58.2 Å². The van der Waals surface area contributed by atoms with Crippen molar-refractivity contribution in [3.05, 3.63) is 143 Å². The van der Waals surface area contributed by atoms with Crippen molar-refractivity contribution in [3.63, 3.8) is 0 Å². The first kappa shape index (κ1) is 56.1. The van der Waals surface area contributed by atoms with E-state index in [2.05, 4.69) is 10.6 Å². The second kappa shape index (κ2) is 23.6. The lowest BCUT2D eigenvalue weighted by Crippen LogP contribution is -2.56. The summed E-state index contributed by atoms with van der Waals surface area (Å²) in [7, 11) is -8.43. The largest absolute Gasteiger partial charge is 0.750 e. The Morgan fingerprint density at radius 1 is 0.451 bits per heavy atom. The van der Waals surface area contributed by atoms with Crippen LogP contribution in [0, 0.1) is 0 Å². The van der Waals surface area contributed by atoms with E-state index in [4.69, 9.17) is 46.9 Å². The summed E-state index contributed by atoms with van der Waals surface area (Å²) in [5.41, 5.74) is 8.65. The first-order valence-electron chi connectivity index (χ1n) is 23.5. The molecule has 0 unspecified atom stereocenters. The number of halogens is 3. The van der Waals surface area contributed by atoms with Gasteiger partial charge in [-0.1, -0.05) is 42.5 Å². The topological polar surface area (TPSA) is 184 Å². The fraction of sp³-hybridized carbons (Fsp3) is 0.385. The molecule has 0 bridgehead atoms. The van der Waals surface area contributed by atoms with Crippen LogP contribution in [0.1, 0.15) is 120 Å². The number of nitrogens with one attached hydrogen (secondary N) is 2. The van der Waals surface area contributed by atoms with Crippen LogP contribution in [-0.4, -0.2) is 72.7 Å². The average Bonchev–Trinajstić information content (AvgIpc) is 3.24. The van der Waals surface area contributed by atoms with Crippen molar-refractivity contribution >= 4 is 52.7 Å². The van der Waals surface area contributed by atoms with Gasteiger partial charge in [0.1, 0.15) is 16.9 Å². The first-order valence-corrected chi connectivity index (χ1v) is 26.7. The molecule has 0 radical (unpaired) electrons. The highest BCUT2D eigenvalue weighted by molar-refractivity contribution is 6.55. The van der Waals surface area contributed by atoms with Crippen molar-refractivity contribution in [3.8, 4) is 11.5 Å². The van der Waals surface area contributed by atoms with Crippen LogP contribution < -0.4 is 31.0 Å². The summed E-state index contributed by atoms with van der Waals surface area (Å²) in [6.45, 7) is 21.2. The summed E-state index contributed by atoms with van der Waals surface area (Å²) in [6, 6.07) is 26.8. The Kier molecular flexibility index (Phi) is 18.7. The molecule has 0 heterocycles. The summed E-state index contributed by atoms with van der Waals surface area (Å²) < 4.78 is 102. The van der Waals surface area contributed by atoms with Gasteiger partial charge in [0.05, 0.1) is 11.4 Å². The lowest BCUT2D eigenvalue weighted by molar-refractivity contribution is -0.166. The van der Waals surface area contributed by atoms with Gasteiger partial charge in [-0.25, -0.2) is 0 Å². The van der Waals surface area contributed by atoms with Crippen LogP contribution in [0.25, 0.3) is 0 Å². The second-order valence-corrected chi connectivity index (χ2v) is 22.2. The highest BCUT2D eigenvalue weighted by atomic mass is 28.4. The van der Waals surface area contributed by atoms with Crippen molar-refractivity contribution in [2.75, 3.05) is 22.1 Å². The summed E-state index contributed by atoms with van der Waals surface area (Å²) >= 11 is 0. The molecule has 0 aliphatic carbocycles. The molecule has 19 heteroatoms. The van der Waals surface area contributed by atoms with E-state index in [0.717, 1.165) is 0 Å². The quantitative estimate of drug-likeness (QED) is 0.0276. The number of nitrogens with two attached hydrogens (primary N) is 2. The van der Waals surface area contributed by atoms with Gasteiger partial charge in [-0.3, -0.25) is 9.59 Å². The molecule has 14 nitrogen and oxygen atoms in total. The zero-order valence-corrected chi connectivity index (χ0v) is 44.3. The monoisotopic (exact) mass is 1020 g/mol. The van der Waals surface area contributed by atoms with Crippen LogP contribution in [0.3, 0.4) is 0 Å². The van der Waals surface area contributed by atoms with Crippen LogP contribution in [0.4, 0.5) is 35.9 Å². The molecule has 0 atom stereocenters. The molecule has 0 aromatic heterocycles. The molecule has 384 valence electrons. The minimum absolute atomic E-state index is 0.0998. The van der Waals surface area contributed by atoms with Crippen LogP contribution in [0.5, 0.6) is 11.5 Å². The third-order valence-electron chi connectivity index (χ3n) is 10.0. The predicted molar refractivity (Wildman–Crippen MR) is 273 cm³/mol.